The highest BCUT2D eigenvalue weighted by atomic mass is 16.6. The average Bonchev–Trinajstić information content (AvgIpc) is 3.22. The second-order valence-corrected chi connectivity index (χ2v) is 5.07. The largest absolute Gasteiger partial charge is 0.497 e. The molecule has 0 amide bonds. The molecule has 2 rings (SSSR count). The molecule has 1 saturated heterocycles. The smallest absolute Gasteiger partial charge is 0.122 e. The minimum atomic E-state index is 0.422. The third kappa shape index (κ3) is 3.21. The van der Waals surface area contributed by atoms with Crippen molar-refractivity contribution in [3.05, 3.63) is 23.8 Å². The molecule has 1 fully saturated rings. The van der Waals surface area contributed by atoms with Gasteiger partial charge in [0.2, 0.25) is 0 Å². The summed E-state index contributed by atoms with van der Waals surface area (Å²) in [6, 6.07) is 6.02. The molecule has 1 aromatic carbocycles. The van der Waals surface area contributed by atoms with E-state index in [1.165, 1.54) is 5.56 Å². The molecule has 0 N–H and O–H groups in total. The molecule has 106 valence electrons. The Morgan fingerprint density at radius 1 is 1.16 bits per heavy atom. The molecule has 0 aliphatic carbocycles. The lowest BCUT2D eigenvalue weighted by atomic mass is 9.90. The molecule has 1 heterocycles. The lowest BCUT2D eigenvalue weighted by Gasteiger charge is -2.18. The quantitative estimate of drug-likeness (QED) is 0.702. The Bertz CT molecular complexity index is 416. The van der Waals surface area contributed by atoms with Gasteiger partial charge in [0.1, 0.15) is 11.5 Å². The highest BCUT2D eigenvalue weighted by Gasteiger charge is 2.38. The van der Waals surface area contributed by atoms with Crippen LogP contribution in [0, 0.1) is 0 Å². The number of benzene rings is 1. The Morgan fingerprint density at radius 2 is 1.95 bits per heavy atom. The molecule has 19 heavy (non-hydrogen) atoms. The molecule has 3 nitrogen and oxygen atoms in total. The van der Waals surface area contributed by atoms with E-state index >= 15 is 0 Å². The maximum absolute atomic E-state index is 5.68. The molecule has 1 aliphatic rings. The van der Waals surface area contributed by atoms with Gasteiger partial charge in [0.05, 0.1) is 26.4 Å². The Hall–Kier alpha value is -1.22. The topological polar surface area (TPSA) is 31.0 Å². The highest BCUT2D eigenvalue weighted by molar-refractivity contribution is 5.42. The van der Waals surface area contributed by atoms with E-state index in [4.69, 9.17) is 14.2 Å². The Balaban J connectivity index is 2.16. The van der Waals surface area contributed by atoms with Crippen LogP contribution in [0.5, 0.6) is 11.5 Å². The molecule has 3 atom stereocenters. The first-order chi connectivity index (χ1) is 9.23. The van der Waals surface area contributed by atoms with Gasteiger partial charge in [-0.05, 0) is 43.4 Å². The van der Waals surface area contributed by atoms with Crippen LogP contribution in [0.4, 0.5) is 0 Å². The summed E-state index contributed by atoms with van der Waals surface area (Å²) in [5.74, 6) is 2.30. The predicted octanol–water partition coefficient (Wildman–Crippen LogP) is 3.76. The van der Waals surface area contributed by atoms with Crippen LogP contribution in [0.2, 0.25) is 0 Å². The summed E-state index contributed by atoms with van der Waals surface area (Å²) in [5, 5.41) is 0. The first kappa shape index (κ1) is 14.2. The van der Waals surface area contributed by atoms with Gasteiger partial charge in [-0.25, -0.2) is 0 Å². The van der Waals surface area contributed by atoms with Crippen LogP contribution in [0.1, 0.15) is 44.6 Å². The zero-order chi connectivity index (χ0) is 13.8. The molecular formula is C16H24O3. The van der Waals surface area contributed by atoms with Gasteiger partial charge >= 0.3 is 0 Å². The summed E-state index contributed by atoms with van der Waals surface area (Å²) in [6.45, 7) is 4.39. The monoisotopic (exact) mass is 264 g/mol. The molecule has 3 unspecified atom stereocenters. The number of rotatable bonds is 7. The van der Waals surface area contributed by atoms with E-state index < -0.39 is 0 Å². The van der Waals surface area contributed by atoms with Crippen molar-refractivity contribution in [3.8, 4) is 11.5 Å². The van der Waals surface area contributed by atoms with E-state index in [-0.39, 0.29) is 0 Å². The van der Waals surface area contributed by atoms with Crippen molar-refractivity contribution in [2.75, 3.05) is 14.2 Å². The Labute approximate surface area is 115 Å². The van der Waals surface area contributed by atoms with Crippen LogP contribution in [-0.4, -0.2) is 26.4 Å². The summed E-state index contributed by atoms with van der Waals surface area (Å²) in [7, 11) is 3.42. The summed E-state index contributed by atoms with van der Waals surface area (Å²) in [4.78, 5) is 0. The minimum absolute atomic E-state index is 0.422. The number of hydrogen-bond donors (Lipinski definition) is 0. The van der Waals surface area contributed by atoms with Crippen molar-refractivity contribution in [1.29, 1.82) is 0 Å². The van der Waals surface area contributed by atoms with Crippen molar-refractivity contribution in [2.45, 2.75) is 51.2 Å². The average molecular weight is 264 g/mol. The van der Waals surface area contributed by atoms with Gasteiger partial charge in [0.25, 0.3) is 0 Å². The summed E-state index contributed by atoms with van der Waals surface area (Å²) < 4.78 is 16.5. The van der Waals surface area contributed by atoms with Crippen LogP contribution in [0.15, 0.2) is 18.2 Å². The van der Waals surface area contributed by atoms with Gasteiger partial charge in [0.15, 0.2) is 0 Å². The van der Waals surface area contributed by atoms with Gasteiger partial charge in [-0.2, -0.15) is 0 Å². The van der Waals surface area contributed by atoms with Crippen LogP contribution >= 0.6 is 0 Å². The first-order valence-electron chi connectivity index (χ1n) is 7.10. The van der Waals surface area contributed by atoms with Crippen molar-refractivity contribution >= 4 is 0 Å². The zero-order valence-corrected chi connectivity index (χ0v) is 12.3. The molecule has 0 radical (unpaired) electrons. The first-order valence-corrected chi connectivity index (χ1v) is 7.10. The van der Waals surface area contributed by atoms with E-state index in [9.17, 15) is 0 Å². The molecule has 0 saturated carbocycles. The van der Waals surface area contributed by atoms with E-state index in [2.05, 4.69) is 19.9 Å². The summed E-state index contributed by atoms with van der Waals surface area (Å²) in [5.41, 5.74) is 1.23. The van der Waals surface area contributed by atoms with Crippen molar-refractivity contribution in [1.82, 2.24) is 0 Å². The fourth-order valence-electron chi connectivity index (χ4n) is 2.70. The summed E-state index contributed by atoms with van der Waals surface area (Å²) >= 11 is 0. The molecule has 0 bridgehead atoms. The molecule has 1 aliphatic heterocycles. The van der Waals surface area contributed by atoms with Gasteiger partial charge < -0.3 is 14.2 Å². The molecule has 0 spiro atoms. The van der Waals surface area contributed by atoms with Crippen LogP contribution < -0.4 is 9.47 Å². The Morgan fingerprint density at radius 3 is 2.47 bits per heavy atom. The van der Waals surface area contributed by atoms with Crippen molar-refractivity contribution in [3.63, 3.8) is 0 Å². The maximum atomic E-state index is 5.68. The van der Waals surface area contributed by atoms with Gasteiger partial charge in [-0.15, -0.1) is 0 Å². The van der Waals surface area contributed by atoms with Crippen molar-refractivity contribution < 1.29 is 14.2 Å². The lowest BCUT2D eigenvalue weighted by Crippen LogP contribution is -2.06. The van der Waals surface area contributed by atoms with Crippen LogP contribution in [-0.2, 0) is 4.74 Å². The van der Waals surface area contributed by atoms with E-state index in [1.54, 1.807) is 14.2 Å². The van der Waals surface area contributed by atoms with Crippen LogP contribution in [0.25, 0.3) is 0 Å². The molecule has 0 aromatic heterocycles. The fourth-order valence-corrected chi connectivity index (χ4v) is 2.70. The number of methoxy groups -OCH3 is 2. The normalized spacial score (nSPS) is 22.9. The van der Waals surface area contributed by atoms with Gasteiger partial charge in [-0.1, -0.05) is 13.8 Å². The van der Waals surface area contributed by atoms with Crippen molar-refractivity contribution in [2.24, 2.45) is 0 Å². The zero-order valence-electron chi connectivity index (χ0n) is 12.3. The van der Waals surface area contributed by atoms with Gasteiger partial charge in [0, 0.05) is 5.56 Å². The van der Waals surface area contributed by atoms with E-state index in [0.29, 0.717) is 18.1 Å². The third-order valence-electron chi connectivity index (χ3n) is 3.98. The van der Waals surface area contributed by atoms with E-state index in [0.717, 1.165) is 30.8 Å². The second-order valence-electron chi connectivity index (χ2n) is 5.07. The highest BCUT2D eigenvalue weighted by Crippen LogP contribution is 2.40. The predicted molar refractivity (Wildman–Crippen MR) is 76.1 cm³/mol. The standard InChI is InChI=1S/C16H24O3/c1-5-11(9-16-14(6-2)19-16)13-10-12(17-3)7-8-15(13)18-4/h7-8,10-11,14,16H,5-6,9H2,1-4H3. The summed E-state index contributed by atoms with van der Waals surface area (Å²) in [6.07, 6.45) is 4.14. The molecular weight excluding hydrogens is 240 g/mol. The fraction of sp³-hybridized carbons (Fsp3) is 0.625. The third-order valence-corrected chi connectivity index (χ3v) is 3.98. The SMILES string of the molecule is CCC(CC1OC1CC)c1cc(OC)ccc1OC. The molecule has 1 aromatic rings. The number of epoxide rings is 1. The van der Waals surface area contributed by atoms with Crippen LogP contribution in [0.3, 0.4) is 0 Å². The second kappa shape index (κ2) is 6.29. The van der Waals surface area contributed by atoms with Gasteiger partial charge in [-0.3, -0.25) is 0 Å². The Kier molecular flexibility index (Phi) is 4.70. The van der Waals surface area contributed by atoms with E-state index in [1.807, 2.05) is 12.1 Å². The molecule has 3 heteroatoms. The number of hydrogen-bond acceptors (Lipinski definition) is 3. The maximum Gasteiger partial charge on any atom is 0.122 e. The minimum Gasteiger partial charge on any atom is -0.497 e. The lowest BCUT2D eigenvalue weighted by molar-refractivity contribution is 0.344. The number of ether oxygens (including phenoxy) is 3.